The molecule has 5 rings (SSSR count). The predicted octanol–water partition coefficient (Wildman–Crippen LogP) is 6.98. The minimum atomic E-state index is -1.10. The van der Waals surface area contributed by atoms with E-state index in [1.54, 1.807) is 18.2 Å². The summed E-state index contributed by atoms with van der Waals surface area (Å²) in [5.41, 5.74) is 6.18. The first-order valence-electron chi connectivity index (χ1n) is 13.8. The maximum Gasteiger partial charge on any atom is 0.335 e. The highest BCUT2D eigenvalue weighted by atomic mass is 79.9. The van der Waals surface area contributed by atoms with Crippen LogP contribution in [0.2, 0.25) is 0 Å². The number of hydrogen-bond acceptors (Lipinski definition) is 8. The number of furan rings is 1. The Labute approximate surface area is 271 Å². The molecule has 1 amide bonds. The van der Waals surface area contributed by atoms with Crippen molar-refractivity contribution in [3.63, 3.8) is 0 Å². The maximum atomic E-state index is 12.6. The van der Waals surface area contributed by atoms with E-state index in [0.29, 0.717) is 22.6 Å². The van der Waals surface area contributed by atoms with Crippen LogP contribution in [0.25, 0.3) is 5.69 Å². The predicted molar refractivity (Wildman–Crippen MR) is 172 cm³/mol. The Morgan fingerprint density at radius 2 is 1.74 bits per heavy atom. The smallest absolute Gasteiger partial charge is 0.335 e. The number of ether oxygens (including phenoxy) is 2. The molecule has 2 heterocycles. The van der Waals surface area contributed by atoms with Gasteiger partial charge in [0.15, 0.2) is 5.76 Å². The zero-order valence-electron chi connectivity index (χ0n) is 24.6. The fourth-order valence-electron chi connectivity index (χ4n) is 4.62. The van der Waals surface area contributed by atoms with Crippen LogP contribution in [0, 0.1) is 24.0 Å². The Hall–Kier alpha value is -5.69. The number of nitro benzene ring substituents is 1. The highest BCUT2D eigenvalue weighted by molar-refractivity contribution is 9.10. The van der Waals surface area contributed by atoms with E-state index in [1.807, 2.05) is 38.1 Å². The number of aromatic carboxylic acids is 1. The summed E-state index contributed by atoms with van der Waals surface area (Å²) in [6.07, 6.45) is 1.24. The van der Waals surface area contributed by atoms with Gasteiger partial charge in [0, 0.05) is 28.7 Å². The van der Waals surface area contributed by atoms with E-state index in [2.05, 4.69) is 43.2 Å². The molecule has 0 fully saturated rings. The lowest BCUT2D eigenvalue weighted by Gasteiger charge is -2.10. The number of carboxylic acid groups (broad SMARTS) is 1. The van der Waals surface area contributed by atoms with Crippen LogP contribution in [0.1, 0.15) is 49.2 Å². The number of amides is 1. The Morgan fingerprint density at radius 3 is 2.43 bits per heavy atom. The van der Waals surface area contributed by atoms with Crippen LogP contribution in [-0.2, 0) is 13.2 Å². The van der Waals surface area contributed by atoms with Gasteiger partial charge in [-0.3, -0.25) is 14.9 Å². The standard InChI is InChI=1S/C33H27BrN4O8/c1-20-6-7-21(2)37(20)25-8-10-26(11-9-25)44-19-27-12-13-30(46-27)32(39)36-35-17-23-15-28(34)31(29(16-23)38(42)43)45-18-22-4-3-5-24(14-22)33(40)41/h3-17H,18-19H2,1-2H3,(H,36,39)(H,40,41)/b35-17+. The van der Waals surface area contributed by atoms with Crippen molar-refractivity contribution in [3.8, 4) is 17.2 Å². The van der Waals surface area contributed by atoms with Gasteiger partial charge in [0.25, 0.3) is 0 Å². The average molecular weight is 688 g/mol. The van der Waals surface area contributed by atoms with Crippen molar-refractivity contribution in [2.75, 3.05) is 0 Å². The molecule has 0 bridgehead atoms. The van der Waals surface area contributed by atoms with Gasteiger partial charge in [0.05, 0.1) is 21.2 Å². The minimum Gasteiger partial charge on any atom is -0.486 e. The van der Waals surface area contributed by atoms with Gasteiger partial charge < -0.3 is 23.6 Å². The van der Waals surface area contributed by atoms with Crippen LogP contribution in [-0.4, -0.2) is 32.7 Å². The van der Waals surface area contributed by atoms with E-state index in [-0.39, 0.29) is 40.4 Å². The number of halogens is 1. The third-order valence-corrected chi connectivity index (χ3v) is 7.40. The van der Waals surface area contributed by atoms with Crippen LogP contribution in [0.15, 0.2) is 98.9 Å². The van der Waals surface area contributed by atoms with E-state index >= 15 is 0 Å². The number of carbonyl (C=O) groups excluding carboxylic acids is 1. The molecule has 0 saturated heterocycles. The van der Waals surface area contributed by atoms with Crippen LogP contribution < -0.4 is 14.9 Å². The number of rotatable bonds is 12. The first kappa shape index (κ1) is 31.7. The second kappa shape index (κ2) is 13.9. The third kappa shape index (κ3) is 7.50. The molecule has 12 nitrogen and oxygen atoms in total. The number of carbonyl (C=O) groups is 2. The molecule has 3 aromatic carbocycles. The fourth-order valence-corrected chi connectivity index (χ4v) is 5.20. The highest BCUT2D eigenvalue weighted by Crippen LogP contribution is 2.36. The number of aryl methyl sites for hydroxylation is 2. The number of aromatic nitrogens is 1. The van der Waals surface area contributed by atoms with E-state index in [0.717, 1.165) is 17.1 Å². The summed E-state index contributed by atoms with van der Waals surface area (Å²) in [5, 5.41) is 24.8. The Balaban J connectivity index is 1.17. The number of carboxylic acids is 1. The largest absolute Gasteiger partial charge is 0.486 e. The van der Waals surface area contributed by atoms with Crippen molar-refractivity contribution in [2.24, 2.45) is 5.10 Å². The van der Waals surface area contributed by atoms with Crippen molar-refractivity contribution >= 4 is 39.7 Å². The second-order valence-corrected chi connectivity index (χ2v) is 11.0. The van der Waals surface area contributed by atoms with Crippen molar-refractivity contribution in [1.82, 2.24) is 9.99 Å². The molecule has 0 aliphatic heterocycles. The van der Waals surface area contributed by atoms with Gasteiger partial charge >= 0.3 is 17.6 Å². The third-order valence-electron chi connectivity index (χ3n) is 6.81. The molecular formula is C33H27BrN4O8. The van der Waals surface area contributed by atoms with Gasteiger partial charge in [-0.25, -0.2) is 10.2 Å². The van der Waals surface area contributed by atoms with Crippen molar-refractivity contribution in [1.29, 1.82) is 0 Å². The molecule has 5 aromatic rings. The molecule has 0 atom stereocenters. The molecule has 0 unspecified atom stereocenters. The number of hydrazone groups is 1. The molecule has 0 aliphatic rings. The molecule has 0 saturated carbocycles. The van der Waals surface area contributed by atoms with Crippen molar-refractivity contribution in [2.45, 2.75) is 27.1 Å². The lowest BCUT2D eigenvalue weighted by Crippen LogP contribution is -2.16. The summed E-state index contributed by atoms with van der Waals surface area (Å²) in [7, 11) is 0. The van der Waals surface area contributed by atoms with Crippen molar-refractivity contribution < 1.29 is 33.5 Å². The van der Waals surface area contributed by atoms with Gasteiger partial charge in [-0.1, -0.05) is 12.1 Å². The normalized spacial score (nSPS) is 11.0. The second-order valence-electron chi connectivity index (χ2n) is 10.1. The fraction of sp³-hybridized carbons (Fsp3) is 0.121. The maximum absolute atomic E-state index is 12.6. The van der Waals surface area contributed by atoms with E-state index in [9.17, 15) is 24.8 Å². The number of hydrogen-bond donors (Lipinski definition) is 2. The molecule has 46 heavy (non-hydrogen) atoms. The Kier molecular flexibility index (Phi) is 9.62. The summed E-state index contributed by atoms with van der Waals surface area (Å²) in [4.78, 5) is 34.9. The summed E-state index contributed by atoms with van der Waals surface area (Å²) in [6, 6.07) is 23.7. The van der Waals surface area contributed by atoms with Crippen LogP contribution in [0.3, 0.4) is 0 Å². The molecule has 2 aromatic heterocycles. The van der Waals surface area contributed by atoms with Gasteiger partial charge in [-0.15, -0.1) is 0 Å². The monoisotopic (exact) mass is 686 g/mol. The van der Waals surface area contributed by atoms with Gasteiger partial charge in [0.2, 0.25) is 5.75 Å². The van der Waals surface area contributed by atoms with Crippen LogP contribution in [0.4, 0.5) is 5.69 Å². The quantitative estimate of drug-likeness (QED) is 0.0808. The summed E-state index contributed by atoms with van der Waals surface area (Å²) in [5.74, 6) is -0.683. The summed E-state index contributed by atoms with van der Waals surface area (Å²) >= 11 is 3.29. The minimum absolute atomic E-state index is 0.00697. The molecular weight excluding hydrogens is 660 g/mol. The number of nitrogens with zero attached hydrogens (tertiary/aromatic N) is 3. The van der Waals surface area contributed by atoms with Gasteiger partial charge in [-0.05, 0) is 102 Å². The molecule has 0 aliphatic carbocycles. The summed E-state index contributed by atoms with van der Waals surface area (Å²) < 4.78 is 19.5. The molecule has 13 heteroatoms. The SMILES string of the molecule is Cc1ccc(C)n1-c1ccc(OCc2ccc(C(=O)N/N=C/c3cc(Br)c(OCc4cccc(C(=O)O)c4)c([N+](=O)[O-])c3)o2)cc1. The zero-order valence-corrected chi connectivity index (χ0v) is 26.2. The lowest BCUT2D eigenvalue weighted by molar-refractivity contribution is -0.386. The lowest BCUT2D eigenvalue weighted by atomic mass is 10.1. The summed E-state index contributed by atoms with van der Waals surface area (Å²) in [6.45, 7) is 4.10. The topological polar surface area (TPSA) is 158 Å². The van der Waals surface area contributed by atoms with Crippen molar-refractivity contribution in [3.05, 3.63) is 139 Å². The van der Waals surface area contributed by atoms with E-state index in [4.69, 9.17) is 13.9 Å². The first-order valence-corrected chi connectivity index (χ1v) is 14.6. The van der Waals surface area contributed by atoms with Gasteiger partial charge in [-0.2, -0.15) is 5.10 Å². The van der Waals surface area contributed by atoms with E-state index < -0.39 is 16.8 Å². The zero-order chi connectivity index (χ0) is 32.8. The first-order chi connectivity index (χ1) is 22.1. The number of nitrogens with one attached hydrogen (secondary N) is 1. The van der Waals surface area contributed by atoms with E-state index in [1.165, 1.54) is 36.5 Å². The Morgan fingerprint density at radius 1 is 1.00 bits per heavy atom. The van der Waals surface area contributed by atoms with Crippen LogP contribution >= 0.6 is 15.9 Å². The number of benzene rings is 3. The highest BCUT2D eigenvalue weighted by Gasteiger charge is 2.21. The van der Waals surface area contributed by atoms with Gasteiger partial charge in [0.1, 0.15) is 24.7 Å². The Bertz CT molecular complexity index is 1930. The molecule has 0 radical (unpaired) electrons. The molecule has 234 valence electrons. The van der Waals surface area contributed by atoms with Crippen LogP contribution in [0.5, 0.6) is 11.5 Å². The average Bonchev–Trinajstić information content (AvgIpc) is 3.65. The number of nitro groups is 1. The molecule has 0 spiro atoms. The molecule has 2 N–H and O–H groups in total.